The molecule has 0 aliphatic carbocycles. The zero-order chi connectivity index (χ0) is 18.4. The number of nitrogens with one attached hydrogen (secondary N) is 1. The smallest absolute Gasteiger partial charge is 0.219 e. The molecular formula is C22H28N2O2. The molecule has 1 saturated heterocycles. The second-order valence-electron chi connectivity index (χ2n) is 7.00. The maximum absolute atomic E-state index is 11.9. The summed E-state index contributed by atoms with van der Waals surface area (Å²) in [7, 11) is 1.71. The van der Waals surface area contributed by atoms with Gasteiger partial charge in [-0.25, -0.2) is 0 Å². The first kappa shape index (κ1) is 18.5. The zero-order valence-electron chi connectivity index (χ0n) is 15.7. The van der Waals surface area contributed by atoms with E-state index in [-0.39, 0.29) is 5.91 Å². The molecule has 0 radical (unpaired) electrons. The molecule has 3 rings (SSSR count). The highest BCUT2D eigenvalue weighted by Crippen LogP contribution is 2.23. The van der Waals surface area contributed by atoms with Gasteiger partial charge in [0.05, 0.1) is 7.11 Å². The Morgan fingerprint density at radius 3 is 2.62 bits per heavy atom. The van der Waals surface area contributed by atoms with Crippen molar-refractivity contribution in [3.05, 3.63) is 65.7 Å². The average molecular weight is 352 g/mol. The molecule has 0 bridgehead atoms. The van der Waals surface area contributed by atoms with Gasteiger partial charge >= 0.3 is 0 Å². The fraction of sp³-hybridized carbons (Fsp3) is 0.409. The molecule has 1 amide bonds. The van der Waals surface area contributed by atoms with Gasteiger partial charge in [0.2, 0.25) is 5.91 Å². The van der Waals surface area contributed by atoms with Crippen molar-refractivity contribution in [1.82, 2.24) is 10.2 Å². The summed E-state index contributed by atoms with van der Waals surface area (Å²) in [5.41, 5.74) is 2.49. The number of rotatable bonds is 6. The molecule has 4 heteroatoms. The molecular weight excluding hydrogens is 324 g/mol. The van der Waals surface area contributed by atoms with E-state index < -0.39 is 0 Å². The number of hydrogen-bond donors (Lipinski definition) is 1. The van der Waals surface area contributed by atoms with E-state index in [9.17, 15) is 4.79 Å². The van der Waals surface area contributed by atoms with E-state index in [2.05, 4.69) is 35.6 Å². The van der Waals surface area contributed by atoms with E-state index in [1.165, 1.54) is 11.1 Å². The number of hydrogen-bond acceptors (Lipinski definition) is 3. The van der Waals surface area contributed by atoms with Crippen molar-refractivity contribution in [3.8, 4) is 5.75 Å². The molecule has 0 unspecified atom stereocenters. The van der Waals surface area contributed by atoms with Crippen LogP contribution in [0.4, 0.5) is 0 Å². The minimum Gasteiger partial charge on any atom is -0.496 e. The van der Waals surface area contributed by atoms with E-state index in [0.717, 1.165) is 38.2 Å². The van der Waals surface area contributed by atoms with Gasteiger partial charge in [0.25, 0.3) is 0 Å². The number of carbonyl (C=O) groups is 1. The summed E-state index contributed by atoms with van der Waals surface area (Å²) in [4.78, 5) is 13.8. The second kappa shape index (κ2) is 8.86. The molecule has 1 aliphatic rings. The predicted octanol–water partition coefficient (Wildman–Crippen LogP) is 3.26. The normalized spacial score (nSPS) is 20.0. The molecule has 0 saturated carbocycles. The summed E-state index contributed by atoms with van der Waals surface area (Å²) in [5, 5.41) is 3.72. The first-order chi connectivity index (χ1) is 12.7. The fourth-order valence-corrected chi connectivity index (χ4v) is 3.80. The van der Waals surface area contributed by atoms with Crippen LogP contribution in [0.15, 0.2) is 54.6 Å². The molecule has 26 heavy (non-hydrogen) atoms. The van der Waals surface area contributed by atoms with Crippen LogP contribution in [-0.4, -0.2) is 37.0 Å². The van der Waals surface area contributed by atoms with Crippen molar-refractivity contribution in [2.45, 2.75) is 32.4 Å². The third kappa shape index (κ3) is 4.64. The molecule has 2 aromatic rings. The van der Waals surface area contributed by atoms with Gasteiger partial charge in [-0.1, -0.05) is 48.5 Å². The Balaban J connectivity index is 1.69. The van der Waals surface area contributed by atoms with Gasteiger partial charge in [-0.05, 0) is 30.4 Å². The summed E-state index contributed by atoms with van der Waals surface area (Å²) < 4.78 is 5.46. The lowest BCUT2D eigenvalue weighted by Gasteiger charge is -2.39. The number of methoxy groups -OCH3 is 1. The lowest BCUT2D eigenvalue weighted by atomic mass is 9.86. The number of carbonyl (C=O) groups excluding carboxylic acids is 1. The molecule has 1 N–H and O–H groups in total. The quantitative estimate of drug-likeness (QED) is 0.868. The van der Waals surface area contributed by atoms with Crippen molar-refractivity contribution >= 4 is 5.91 Å². The van der Waals surface area contributed by atoms with Crippen LogP contribution >= 0.6 is 0 Å². The summed E-state index contributed by atoms with van der Waals surface area (Å²) in [6.45, 7) is 4.08. The van der Waals surface area contributed by atoms with Crippen LogP contribution in [0.25, 0.3) is 0 Å². The van der Waals surface area contributed by atoms with Gasteiger partial charge in [0.15, 0.2) is 0 Å². The van der Waals surface area contributed by atoms with Gasteiger partial charge in [0, 0.05) is 38.2 Å². The van der Waals surface area contributed by atoms with E-state index >= 15 is 0 Å². The van der Waals surface area contributed by atoms with Crippen LogP contribution in [0.2, 0.25) is 0 Å². The number of likely N-dealkylation sites (tertiary alicyclic amines) is 1. The van der Waals surface area contributed by atoms with Crippen LogP contribution < -0.4 is 10.1 Å². The Labute approximate surface area is 156 Å². The minimum atomic E-state index is 0.172. The molecule has 2 aromatic carbocycles. The fourth-order valence-electron chi connectivity index (χ4n) is 3.80. The van der Waals surface area contributed by atoms with E-state index in [1.54, 1.807) is 14.0 Å². The van der Waals surface area contributed by atoms with Gasteiger partial charge in [0.1, 0.15) is 5.75 Å². The summed E-state index contributed by atoms with van der Waals surface area (Å²) in [6, 6.07) is 19.1. The first-order valence-electron chi connectivity index (χ1n) is 9.32. The molecule has 1 aliphatic heterocycles. The standard InChI is InChI=1S/C22H28N2O2/c1-17(25)24-13-12-21(20(16-24)14-18-8-4-3-5-9-18)23-15-19-10-6-7-11-22(19)26-2/h3-11,20-21,23H,12-16H2,1-2H3/t20-,21+/m1/s1. The van der Waals surface area contributed by atoms with Crippen molar-refractivity contribution < 1.29 is 9.53 Å². The van der Waals surface area contributed by atoms with Crippen LogP contribution in [0, 0.1) is 5.92 Å². The topological polar surface area (TPSA) is 41.6 Å². The zero-order valence-corrected chi connectivity index (χ0v) is 15.7. The monoisotopic (exact) mass is 352 g/mol. The third-order valence-corrected chi connectivity index (χ3v) is 5.27. The molecule has 1 heterocycles. The van der Waals surface area contributed by atoms with Crippen LogP contribution in [0.5, 0.6) is 5.75 Å². The molecule has 138 valence electrons. The number of piperidine rings is 1. The van der Waals surface area contributed by atoms with Gasteiger partial charge in [-0.2, -0.15) is 0 Å². The maximum Gasteiger partial charge on any atom is 0.219 e. The average Bonchev–Trinajstić information content (AvgIpc) is 2.68. The summed E-state index contributed by atoms with van der Waals surface area (Å²) in [5.74, 6) is 1.50. The maximum atomic E-state index is 11.9. The molecule has 1 fully saturated rings. The Morgan fingerprint density at radius 2 is 1.88 bits per heavy atom. The van der Waals surface area contributed by atoms with Gasteiger partial charge in [-0.3, -0.25) is 4.79 Å². The van der Waals surface area contributed by atoms with Crippen LogP contribution in [0.3, 0.4) is 0 Å². The third-order valence-electron chi connectivity index (χ3n) is 5.27. The number of benzene rings is 2. The lowest BCUT2D eigenvalue weighted by molar-refractivity contribution is -0.131. The predicted molar refractivity (Wildman–Crippen MR) is 104 cm³/mol. The van der Waals surface area contributed by atoms with Crippen molar-refractivity contribution in [2.75, 3.05) is 20.2 Å². The number of ether oxygens (including phenoxy) is 1. The van der Waals surface area contributed by atoms with E-state index in [0.29, 0.717) is 12.0 Å². The number of nitrogens with zero attached hydrogens (tertiary/aromatic N) is 1. The molecule has 0 aromatic heterocycles. The van der Waals surface area contributed by atoms with E-state index in [4.69, 9.17) is 4.74 Å². The van der Waals surface area contributed by atoms with Crippen molar-refractivity contribution in [2.24, 2.45) is 5.92 Å². The van der Waals surface area contributed by atoms with Crippen LogP contribution in [0.1, 0.15) is 24.5 Å². The highest BCUT2D eigenvalue weighted by Gasteiger charge is 2.30. The molecule has 2 atom stereocenters. The minimum absolute atomic E-state index is 0.172. The Morgan fingerprint density at radius 1 is 1.15 bits per heavy atom. The molecule has 4 nitrogen and oxygen atoms in total. The SMILES string of the molecule is COc1ccccc1CN[C@H]1CCN(C(C)=O)C[C@H]1Cc1ccccc1. The first-order valence-corrected chi connectivity index (χ1v) is 9.32. The number of amides is 1. The number of para-hydroxylation sites is 1. The van der Waals surface area contributed by atoms with Gasteiger partial charge < -0.3 is 15.0 Å². The summed E-state index contributed by atoms with van der Waals surface area (Å²) in [6.07, 6.45) is 1.96. The highest BCUT2D eigenvalue weighted by molar-refractivity contribution is 5.73. The van der Waals surface area contributed by atoms with Gasteiger partial charge in [-0.15, -0.1) is 0 Å². The van der Waals surface area contributed by atoms with Crippen LogP contribution in [-0.2, 0) is 17.8 Å². The highest BCUT2D eigenvalue weighted by atomic mass is 16.5. The van der Waals surface area contributed by atoms with E-state index in [1.807, 2.05) is 29.2 Å². The second-order valence-corrected chi connectivity index (χ2v) is 7.00. The van der Waals surface area contributed by atoms with Crippen molar-refractivity contribution in [1.29, 1.82) is 0 Å². The summed E-state index contributed by atoms with van der Waals surface area (Å²) >= 11 is 0. The Bertz CT molecular complexity index is 717. The Hall–Kier alpha value is -2.33. The lowest BCUT2D eigenvalue weighted by Crippen LogP contribution is -2.51. The molecule has 0 spiro atoms. The Kier molecular flexibility index (Phi) is 6.29. The largest absolute Gasteiger partial charge is 0.496 e. The van der Waals surface area contributed by atoms with Crippen molar-refractivity contribution in [3.63, 3.8) is 0 Å².